The molecule has 6 heteroatoms. The second kappa shape index (κ2) is 7.24. The van der Waals surface area contributed by atoms with Crippen LogP contribution in [0.15, 0.2) is 18.0 Å². The third-order valence-electron chi connectivity index (χ3n) is 6.68. The maximum atomic E-state index is 13.4. The number of allylic oxidation sites excluding steroid dienone is 2. The molecule has 2 N–H and O–H groups in total. The molecular formula is C20H30N3O3. The minimum atomic E-state index is -0.250. The molecule has 6 nitrogen and oxygen atoms in total. The Morgan fingerprint density at radius 2 is 2.08 bits per heavy atom. The lowest BCUT2D eigenvalue weighted by Gasteiger charge is -2.44. The van der Waals surface area contributed by atoms with Gasteiger partial charge < -0.3 is 20.1 Å². The SMILES string of the molecule is COC1=C[C]=CNC1N1CCC[C@@]2(CCN([C@H]3CC[C@@H](O)CC3)C2=O)C1. The Labute approximate surface area is 155 Å². The Morgan fingerprint density at radius 3 is 2.85 bits per heavy atom. The van der Waals surface area contributed by atoms with Crippen molar-refractivity contribution in [2.45, 2.75) is 63.3 Å². The average Bonchev–Trinajstić information content (AvgIpc) is 2.98. The molecule has 1 aliphatic carbocycles. The number of hydrogen-bond acceptors (Lipinski definition) is 5. The van der Waals surface area contributed by atoms with E-state index in [-0.39, 0.29) is 17.7 Å². The largest absolute Gasteiger partial charge is 0.497 e. The summed E-state index contributed by atoms with van der Waals surface area (Å²) in [6.45, 7) is 2.62. The Balaban J connectivity index is 1.46. The summed E-state index contributed by atoms with van der Waals surface area (Å²) in [5.74, 6) is 1.19. The van der Waals surface area contributed by atoms with E-state index in [1.54, 1.807) is 7.11 Å². The van der Waals surface area contributed by atoms with Gasteiger partial charge in [0.25, 0.3) is 0 Å². The molecule has 4 aliphatic rings. The number of hydrogen-bond donors (Lipinski definition) is 2. The smallest absolute Gasteiger partial charge is 0.230 e. The number of methoxy groups -OCH3 is 1. The predicted molar refractivity (Wildman–Crippen MR) is 97.7 cm³/mol. The number of ether oxygens (including phenoxy) is 1. The number of piperidine rings is 1. The minimum Gasteiger partial charge on any atom is -0.497 e. The number of amides is 1. The third-order valence-corrected chi connectivity index (χ3v) is 6.68. The standard InChI is InChI=1S/C20H30N3O3/c1-26-17-4-2-11-21-18(17)22-12-3-9-20(14-22)10-13-23(19(20)25)15-5-7-16(24)8-6-15/h4,11,15-16,18,21,24H,3,5-10,12-14H2,1H3/t15-,16+,18?,20-/m1/s1. The Hall–Kier alpha value is -1.53. The van der Waals surface area contributed by atoms with Crippen molar-refractivity contribution in [3.8, 4) is 0 Å². The summed E-state index contributed by atoms with van der Waals surface area (Å²) in [6.07, 6.45) is 13.0. The number of dihydropyridines is 1. The summed E-state index contributed by atoms with van der Waals surface area (Å²) < 4.78 is 5.52. The fraction of sp³-hybridized carbons (Fsp3) is 0.750. The zero-order valence-corrected chi connectivity index (χ0v) is 15.6. The van der Waals surface area contributed by atoms with Gasteiger partial charge in [-0.1, -0.05) is 0 Å². The highest BCUT2D eigenvalue weighted by molar-refractivity contribution is 5.85. The van der Waals surface area contributed by atoms with Crippen molar-refractivity contribution in [2.24, 2.45) is 5.41 Å². The van der Waals surface area contributed by atoms with E-state index < -0.39 is 0 Å². The molecule has 3 aliphatic heterocycles. The summed E-state index contributed by atoms with van der Waals surface area (Å²) in [4.78, 5) is 17.9. The van der Waals surface area contributed by atoms with Crippen molar-refractivity contribution in [3.05, 3.63) is 24.1 Å². The van der Waals surface area contributed by atoms with Gasteiger partial charge in [0.2, 0.25) is 5.91 Å². The van der Waals surface area contributed by atoms with Gasteiger partial charge in [0.05, 0.1) is 18.6 Å². The van der Waals surface area contributed by atoms with Gasteiger partial charge in [-0.15, -0.1) is 0 Å². The molecule has 1 unspecified atom stereocenters. The molecule has 1 radical (unpaired) electrons. The molecular weight excluding hydrogens is 330 g/mol. The highest BCUT2D eigenvalue weighted by Crippen LogP contribution is 2.43. The zero-order valence-electron chi connectivity index (χ0n) is 15.6. The van der Waals surface area contributed by atoms with Gasteiger partial charge in [0, 0.05) is 38.0 Å². The molecule has 143 valence electrons. The van der Waals surface area contributed by atoms with Gasteiger partial charge in [-0.25, -0.2) is 0 Å². The Kier molecular flexibility index (Phi) is 4.97. The zero-order chi connectivity index (χ0) is 18.1. The lowest BCUT2D eigenvalue weighted by Crippen LogP contribution is -2.56. The monoisotopic (exact) mass is 360 g/mol. The number of rotatable bonds is 3. The van der Waals surface area contributed by atoms with Crippen molar-refractivity contribution < 1.29 is 14.6 Å². The molecule has 1 amide bonds. The maximum absolute atomic E-state index is 13.4. The lowest BCUT2D eigenvalue weighted by molar-refractivity contribution is -0.142. The number of carbonyl (C=O) groups excluding carboxylic acids is 1. The molecule has 0 aromatic heterocycles. The van der Waals surface area contributed by atoms with Gasteiger partial charge in [0.1, 0.15) is 11.9 Å². The molecule has 3 heterocycles. The topological polar surface area (TPSA) is 65.0 Å². The van der Waals surface area contributed by atoms with Crippen LogP contribution in [0.2, 0.25) is 0 Å². The van der Waals surface area contributed by atoms with Crippen LogP contribution >= 0.6 is 0 Å². The van der Waals surface area contributed by atoms with Crippen LogP contribution in [-0.4, -0.2) is 65.9 Å². The van der Waals surface area contributed by atoms with E-state index in [1.807, 2.05) is 12.3 Å². The summed E-state index contributed by atoms with van der Waals surface area (Å²) in [7, 11) is 1.69. The van der Waals surface area contributed by atoms with Crippen LogP contribution in [0.25, 0.3) is 0 Å². The van der Waals surface area contributed by atoms with E-state index in [2.05, 4.69) is 21.2 Å². The lowest BCUT2D eigenvalue weighted by atomic mass is 9.78. The molecule has 3 fully saturated rings. The average molecular weight is 360 g/mol. The van der Waals surface area contributed by atoms with Crippen molar-refractivity contribution in [3.63, 3.8) is 0 Å². The van der Waals surface area contributed by atoms with Gasteiger partial charge in [-0.05, 0) is 51.0 Å². The van der Waals surface area contributed by atoms with Crippen molar-refractivity contribution >= 4 is 5.91 Å². The fourth-order valence-electron chi connectivity index (χ4n) is 5.20. The molecule has 0 aromatic carbocycles. The van der Waals surface area contributed by atoms with E-state index in [9.17, 15) is 9.90 Å². The molecule has 1 saturated carbocycles. The first kappa shape index (κ1) is 17.9. The predicted octanol–water partition coefficient (Wildman–Crippen LogP) is 1.38. The summed E-state index contributed by atoms with van der Waals surface area (Å²) >= 11 is 0. The fourth-order valence-corrected chi connectivity index (χ4v) is 5.20. The highest BCUT2D eigenvalue weighted by atomic mass is 16.5. The van der Waals surface area contributed by atoms with Crippen molar-refractivity contribution in [2.75, 3.05) is 26.7 Å². The van der Waals surface area contributed by atoms with Crippen LogP contribution in [0.5, 0.6) is 0 Å². The normalized spacial score (nSPS) is 38.4. The van der Waals surface area contributed by atoms with E-state index in [0.717, 1.165) is 70.3 Å². The first-order chi connectivity index (χ1) is 12.6. The summed E-state index contributed by atoms with van der Waals surface area (Å²) in [6, 6.07) is 0.320. The van der Waals surface area contributed by atoms with E-state index >= 15 is 0 Å². The minimum absolute atomic E-state index is 0.00916. The summed E-state index contributed by atoms with van der Waals surface area (Å²) in [5.41, 5.74) is -0.250. The molecule has 0 aromatic rings. The highest BCUT2D eigenvalue weighted by Gasteiger charge is 2.51. The molecule has 0 bridgehead atoms. The van der Waals surface area contributed by atoms with Gasteiger partial charge >= 0.3 is 0 Å². The first-order valence-electron chi connectivity index (χ1n) is 9.94. The first-order valence-corrected chi connectivity index (χ1v) is 9.94. The van der Waals surface area contributed by atoms with E-state index in [1.165, 1.54) is 0 Å². The number of nitrogens with zero attached hydrogens (tertiary/aromatic N) is 2. The number of aliphatic hydroxyl groups is 1. The Bertz CT molecular complexity index is 597. The van der Waals surface area contributed by atoms with Gasteiger partial charge in [-0.2, -0.15) is 0 Å². The number of likely N-dealkylation sites (tertiary alicyclic amines) is 2. The van der Waals surface area contributed by atoms with Crippen molar-refractivity contribution in [1.29, 1.82) is 0 Å². The van der Waals surface area contributed by atoms with E-state index in [4.69, 9.17) is 4.74 Å². The van der Waals surface area contributed by atoms with Crippen molar-refractivity contribution in [1.82, 2.24) is 15.1 Å². The number of carbonyl (C=O) groups is 1. The number of nitrogens with one attached hydrogen (secondary N) is 1. The van der Waals surface area contributed by atoms with Gasteiger partial charge in [0.15, 0.2) is 0 Å². The molecule has 26 heavy (non-hydrogen) atoms. The van der Waals surface area contributed by atoms with Gasteiger partial charge in [-0.3, -0.25) is 9.69 Å². The molecule has 2 saturated heterocycles. The van der Waals surface area contributed by atoms with Crippen LogP contribution < -0.4 is 5.32 Å². The third kappa shape index (κ3) is 3.14. The second-order valence-corrected chi connectivity index (χ2v) is 8.20. The Morgan fingerprint density at radius 1 is 1.27 bits per heavy atom. The number of aliphatic hydroxyl groups excluding tert-OH is 1. The molecule has 1 spiro atoms. The quantitative estimate of drug-likeness (QED) is 0.796. The van der Waals surface area contributed by atoms with Crippen LogP contribution in [-0.2, 0) is 9.53 Å². The van der Waals surface area contributed by atoms with Crippen LogP contribution in [0.1, 0.15) is 44.9 Å². The molecule has 4 rings (SSSR count). The second-order valence-electron chi connectivity index (χ2n) is 8.20. The van der Waals surface area contributed by atoms with Crippen LogP contribution in [0.4, 0.5) is 0 Å². The van der Waals surface area contributed by atoms with Crippen LogP contribution in [0.3, 0.4) is 0 Å². The maximum Gasteiger partial charge on any atom is 0.230 e. The van der Waals surface area contributed by atoms with Crippen LogP contribution in [0, 0.1) is 11.5 Å². The van der Waals surface area contributed by atoms with E-state index in [0.29, 0.717) is 11.9 Å². The molecule has 2 atom stereocenters. The summed E-state index contributed by atoms with van der Waals surface area (Å²) in [5, 5.41) is 13.1.